The van der Waals surface area contributed by atoms with Crippen molar-refractivity contribution in [1.82, 2.24) is 15.1 Å². The van der Waals surface area contributed by atoms with Crippen LogP contribution in [0.4, 0.5) is 0 Å². The number of nitrogens with zero attached hydrogens (tertiary/aromatic N) is 2. The second-order valence-corrected chi connectivity index (χ2v) is 6.43. The van der Waals surface area contributed by atoms with Crippen molar-refractivity contribution in [3.05, 3.63) is 29.8 Å². The molecule has 3 aliphatic rings. The Morgan fingerprint density at radius 2 is 1.96 bits per heavy atom. The van der Waals surface area contributed by atoms with Crippen LogP contribution < -0.4 is 10.1 Å². The first-order chi connectivity index (χ1) is 11.3. The molecule has 2 bridgehead atoms. The quantitative estimate of drug-likeness (QED) is 0.776. The van der Waals surface area contributed by atoms with Crippen molar-refractivity contribution in [3.8, 4) is 5.75 Å². The van der Waals surface area contributed by atoms with E-state index in [2.05, 4.69) is 22.0 Å². The van der Waals surface area contributed by atoms with Gasteiger partial charge in [0, 0.05) is 50.9 Å². The molecule has 0 radical (unpaired) electrons. The maximum Gasteiger partial charge on any atom is 0.251 e. The predicted molar refractivity (Wildman–Crippen MR) is 91.0 cm³/mol. The fourth-order valence-corrected chi connectivity index (χ4v) is 3.27. The molecule has 1 aromatic rings. The maximum atomic E-state index is 12.3. The third kappa shape index (κ3) is 4.24. The molecule has 5 nitrogen and oxygen atoms in total. The molecule has 0 saturated carbocycles. The van der Waals surface area contributed by atoms with Gasteiger partial charge in [0.2, 0.25) is 0 Å². The Morgan fingerprint density at radius 3 is 2.57 bits per heavy atom. The van der Waals surface area contributed by atoms with Crippen LogP contribution in [-0.4, -0.2) is 67.6 Å². The minimum atomic E-state index is 0.00255. The molecule has 0 aliphatic carbocycles. The molecule has 3 fully saturated rings. The lowest BCUT2D eigenvalue weighted by Gasteiger charge is -2.47. The summed E-state index contributed by atoms with van der Waals surface area (Å²) in [7, 11) is 0. The van der Waals surface area contributed by atoms with Gasteiger partial charge >= 0.3 is 0 Å². The molecule has 3 heterocycles. The number of benzene rings is 1. The van der Waals surface area contributed by atoms with Crippen LogP contribution >= 0.6 is 0 Å². The average molecular weight is 317 g/mol. The van der Waals surface area contributed by atoms with E-state index in [9.17, 15) is 4.79 Å². The maximum absolute atomic E-state index is 12.3. The summed E-state index contributed by atoms with van der Waals surface area (Å²) in [4.78, 5) is 17.3. The first-order valence-electron chi connectivity index (χ1n) is 8.73. The number of fused-ring (bicyclic) bond motifs is 3. The summed E-state index contributed by atoms with van der Waals surface area (Å²) in [6, 6.07) is 7.89. The molecule has 3 aliphatic heterocycles. The Kier molecular flexibility index (Phi) is 5.51. The number of piperazine rings is 3. The molecule has 0 aromatic heterocycles. The van der Waals surface area contributed by atoms with Gasteiger partial charge in [-0.2, -0.15) is 0 Å². The number of nitrogens with one attached hydrogen (secondary N) is 1. The van der Waals surface area contributed by atoms with Crippen LogP contribution in [0.15, 0.2) is 24.3 Å². The Labute approximate surface area is 138 Å². The summed E-state index contributed by atoms with van der Waals surface area (Å²) in [5, 5.41) is 3.08. The Balaban J connectivity index is 1.46. The van der Waals surface area contributed by atoms with Crippen LogP contribution in [0.5, 0.6) is 5.75 Å². The van der Waals surface area contributed by atoms with Crippen LogP contribution in [0.3, 0.4) is 0 Å². The summed E-state index contributed by atoms with van der Waals surface area (Å²) in [6.45, 7) is 9.27. The van der Waals surface area contributed by atoms with Crippen molar-refractivity contribution >= 4 is 5.91 Å². The SMILES string of the molecule is CCCCOc1ccc(C(=O)NCC2CN3CCN2CC3)cc1. The van der Waals surface area contributed by atoms with Crippen molar-refractivity contribution in [2.24, 2.45) is 0 Å². The molecule has 4 rings (SSSR count). The Morgan fingerprint density at radius 1 is 1.22 bits per heavy atom. The van der Waals surface area contributed by atoms with Crippen LogP contribution in [0, 0.1) is 0 Å². The van der Waals surface area contributed by atoms with Crippen molar-refractivity contribution in [1.29, 1.82) is 0 Å². The van der Waals surface area contributed by atoms with E-state index >= 15 is 0 Å². The van der Waals surface area contributed by atoms with Crippen molar-refractivity contribution in [2.45, 2.75) is 25.8 Å². The van der Waals surface area contributed by atoms with Gasteiger partial charge in [-0.15, -0.1) is 0 Å². The van der Waals surface area contributed by atoms with E-state index in [1.807, 2.05) is 24.3 Å². The molecule has 5 heteroatoms. The number of amides is 1. The highest BCUT2D eigenvalue weighted by atomic mass is 16.5. The molecule has 1 amide bonds. The van der Waals surface area contributed by atoms with Gasteiger partial charge in [0.05, 0.1) is 6.61 Å². The summed E-state index contributed by atoms with van der Waals surface area (Å²) in [5.41, 5.74) is 0.698. The largest absolute Gasteiger partial charge is 0.494 e. The minimum Gasteiger partial charge on any atom is -0.494 e. The van der Waals surface area contributed by atoms with Gasteiger partial charge in [0.1, 0.15) is 5.75 Å². The average Bonchev–Trinajstić information content (AvgIpc) is 2.61. The Bertz CT molecular complexity index is 510. The zero-order valence-corrected chi connectivity index (χ0v) is 14.0. The van der Waals surface area contributed by atoms with Crippen molar-refractivity contribution < 1.29 is 9.53 Å². The topological polar surface area (TPSA) is 44.8 Å². The highest BCUT2D eigenvalue weighted by Crippen LogP contribution is 2.16. The molecule has 1 unspecified atom stereocenters. The van der Waals surface area contributed by atoms with Crippen LogP contribution in [0.2, 0.25) is 0 Å². The van der Waals surface area contributed by atoms with E-state index in [0.717, 1.165) is 51.4 Å². The molecular weight excluding hydrogens is 290 g/mol. The van der Waals surface area contributed by atoms with Gasteiger partial charge in [0.15, 0.2) is 0 Å². The van der Waals surface area contributed by atoms with E-state index in [0.29, 0.717) is 11.6 Å². The number of hydrogen-bond acceptors (Lipinski definition) is 4. The second-order valence-electron chi connectivity index (χ2n) is 6.43. The van der Waals surface area contributed by atoms with Crippen LogP contribution in [-0.2, 0) is 0 Å². The first kappa shape index (κ1) is 16.3. The fraction of sp³-hybridized carbons (Fsp3) is 0.611. The molecule has 0 spiro atoms. The molecule has 1 aromatic carbocycles. The number of hydrogen-bond donors (Lipinski definition) is 1. The van der Waals surface area contributed by atoms with E-state index in [1.165, 1.54) is 13.1 Å². The zero-order valence-electron chi connectivity index (χ0n) is 14.0. The third-order valence-electron chi connectivity index (χ3n) is 4.77. The predicted octanol–water partition coefficient (Wildman–Crippen LogP) is 1.60. The smallest absolute Gasteiger partial charge is 0.251 e. The molecule has 3 saturated heterocycles. The number of rotatable bonds is 7. The number of carbonyl (C=O) groups excluding carboxylic acids is 1. The fourth-order valence-electron chi connectivity index (χ4n) is 3.27. The number of unbranched alkanes of at least 4 members (excludes halogenated alkanes) is 1. The standard InChI is InChI=1S/C18H27N3O2/c1-2-3-12-23-17-6-4-15(5-7-17)18(22)19-13-16-14-20-8-10-21(16)11-9-20/h4-7,16H,2-3,8-14H2,1H3,(H,19,22). The summed E-state index contributed by atoms with van der Waals surface area (Å²) >= 11 is 0. The van der Waals surface area contributed by atoms with Gasteiger partial charge in [-0.3, -0.25) is 14.6 Å². The summed E-state index contributed by atoms with van der Waals surface area (Å²) in [5.74, 6) is 0.834. The van der Waals surface area contributed by atoms with E-state index in [-0.39, 0.29) is 5.91 Å². The highest BCUT2D eigenvalue weighted by molar-refractivity contribution is 5.94. The molecular formula is C18H27N3O2. The lowest BCUT2D eigenvalue weighted by Crippen LogP contribution is -2.63. The first-order valence-corrected chi connectivity index (χ1v) is 8.73. The minimum absolute atomic E-state index is 0.00255. The lowest BCUT2D eigenvalue weighted by atomic mass is 10.1. The van der Waals surface area contributed by atoms with Crippen LogP contribution in [0.1, 0.15) is 30.1 Å². The normalized spacial score (nSPS) is 26.0. The van der Waals surface area contributed by atoms with E-state index in [1.54, 1.807) is 0 Å². The molecule has 1 N–H and O–H groups in total. The second kappa shape index (κ2) is 7.79. The zero-order chi connectivity index (χ0) is 16.1. The van der Waals surface area contributed by atoms with E-state index in [4.69, 9.17) is 4.74 Å². The van der Waals surface area contributed by atoms with Crippen molar-refractivity contribution in [3.63, 3.8) is 0 Å². The lowest BCUT2D eigenvalue weighted by molar-refractivity contribution is 0.0138. The van der Waals surface area contributed by atoms with Gasteiger partial charge < -0.3 is 10.1 Å². The molecule has 23 heavy (non-hydrogen) atoms. The van der Waals surface area contributed by atoms with Gasteiger partial charge in [-0.25, -0.2) is 0 Å². The van der Waals surface area contributed by atoms with Gasteiger partial charge in [-0.05, 0) is 30.7 Å². The Hall–Kier alpha value is -1.59. The molecule has 126 valence electrons. The number of carbonyl (C=O) groups is 1. The van der Waals surface area contributed by atoms with Crippen molar-refractivity contribution in [2.75, 3.05) is 45.9 Å². The summed E-state index contributed by atoms with van der Waals surface area (Å²) < 4.78 is 5.63. The highest BCUT2D eigenvalue weighted by Gasteiger charge is 2.31. The third-order valence-corrected chi connectivity index (χ3v) is 4.77. The van der Waals surface area contributed by atoms with E-state index < -0.39 is 0 Å². The van der Waals surface area contributed by atoms with Crippen LogP contribution in [0.25, 0.3) is 0 Å². The van der Waals surface area contributed by atoms with Gasteiger partial charge in [0.25, 0.3) is 5.91 Å². The van der Waals surface area contributed by atoms with Gasteiger partial charge in [-0.1, -0.05) is 13.3 Å². The monoisotopic (exact) mass is 317 g/mol. The molecule has 1 atom stereocenters. The number of ether oxygens (including phenoxy) is 1. The summed E-state index contributed by atoms with van der Waals surface area (Å²) in [6.07, 6.45) is 2.17.